The van der Waals surface area contributed by atoms with Gasteiger partial charge < -0.3 is 5.32 Å². The number of thiocarbonyl (C=S) groups is 1. The van der Waals surface area contributed by atoms with E-state index < -0.39 is 0 Å². The second-order valence-electron chi connectivity index (χ2n) is 5.39. The molecule has 5 heteroatoms. The molecule has 0 saturated carbocycles. The molecule has 3 rings (SSSR count). The molecule has 0 aliphatic carbocycles. The first-order valence-electron chi connectivity index (χ1n) is 7.41. The van der Waals surface area contributed by atoms with Crippen molar-refractivity contribution >= 4 is 51.3 Å². The minimum Gasteiger partial charge on any atom is -0.332 e. The van der Waals surface area contributed by atoms with Crippen LogP contribution >= 0.6 is 23.8 Å². The summed E-state index contributed by atoms with van der Waals surface area (Å²) in [7, 11) is 0. The Morgan fingerprint density at radius 2 is 1.79 bits per heavy atom. The lowest BCUT2D eigenvalue weighted by molar-refractivity contribution is 0.0979. The standard InChI is InChI=1S/C19H15ClN2OS/c1-12-9-10-14(20)11-17(12)21-19(24)22-18(23)16-8-4-6-13-5-2-3-7-15(13)16/h2-11H,1H3,(H2,21,22,23,24). The summed E-state index contributed by atoms with van der Waals surface area (Å²) in [6.45, 7) is 1.94. The van der Waals surface area contributed by atoms with E-state index in [1.807, 2.05) is 49.4 Å². The summed E-state index contributed by atoms with van der Waals surface area (Å²) in [6.07, 6.45) is 0. The average molecular weight is 355 g/mol. The normalized spacial score (nSPS) is 10.4. The minimum absolute atomic E-state index is 0.235. The summed E-state index contributed by atoms with van der Waals surface area (Å²) in [5.41, 5.74) is 2.34. The fraction of sp³-hybridized carbons (Fsp3) is 0.0526. The summed E-state index contributed by atoms with van der Waals surface area (Å²) in [5, 5.41) is 8.47. The van der Waals surface area contributed by atoms with Gasteiger partial charge in [0.2, 0.25) is 0 Å². The van der Waals surface area contributed by atoms with Crippen molar-refractivity contribution < 1.29 is 4.79 Å². The van der Waals surface area contributed by atoms with Crippen molar-refractivity contribution in [2.45, 2.75) is 6.92 Å². The van der Waals surface area contributed by atoms with E-state index in [0.717, 1.165) is 22.0 Å². The van der Waals surface area contributed by atoms with Gasteiger partial charge in [-0.05, 0) is 53.7 Å². The molecule has 3 aromatic rings. The monoisotopic (exact) mass is 354 g/mol. The molecule has 2 N–H and O–H groups in total. The fourth-order valence-corrected chi connectivity index (χ4v) is 2.85. The number of fused-ring (bicyclic) bond motifs is 1. The lowest BCUT2D eigenvalue weighted by Crippen LogP contribution is -2.34. The van der Waals surface area contributed by atoms with Crippen LogP contribution in [-0.4, -0.2) is 11.0 Å². The number of benzene rings is 3. The molecule has 0 aliphatic heterocycles. The van der Waals surface area contributed by atoms with Crippen LogP contribution in [0.4, 0.5) is 5.69 Å². The van der Waals surface area contributed by atoms with E-state index in [1.165, 1.54) is 0 Å². The summed E-state index contributed by atoms with van der Waals surface area (Å²) in [4.78, 5) is 12.5. The maximum absolute atomic E-state index is 12.5. The molecular weight excluding hydrogens is 340 g/mol. The highest BCUT2D eigenvalue weighted by atomic mass is 35.5. The number of carbonyl (C=O) groups is 1. The van der Waals surface area contributed by atoms with Crippen LogP contribution in [0.25, 0.3) is 10.8 Å². The van der Waals surface area contributed by atoms with Gasteiger partial charge in [0, 0.05) is 16.3 Å². The first-order valence-corrected chi connectivity index (χ1v) is 8.19. The second-order valence-corrected chi connectivity index (χ2v) is 6.24. The smallest absolute Gasteiger partial charge is 0.258 e. The van der Waals surface area contributed by atoms with Gasteiger partial charge in [0.25, 0.3) is 5.91 Å². The van der Waals surface area contributed by atoms with Crippen LogP contribution in [0.15, 0.2) is 60.7 Å². The molecule has 0 unspecified atom stereocenters. The van der Waals surface area contributed by atoms with Gasteiger partial charge in [-0.3, -0.25) is 10.1 Å². The molecule has 0 radical (unpaired) electrons. The summed E-state index contributed by atoms with van der Waals surface area (Å²) in [6, 6.07) is 18.8. The molecule has 0 spiro atoms. The number of rotatable bonds is 2. The fourth-order valence-electron chi connectivity index (χ4n) is 2.48. The number of carbonyl (C=O) groups excluding carboxylic acids is 1. The molecule has 0 aliphatic rings. The molecule has 3 aromatic carbocycles. The minimum atomic E-state index is -0.246. The highest BCUT2D eigenvalue weighted by Crippen LogP contribution is 2.21. The van der Waals surface area contributed by atoms with Crippen molar-refractivity contribution in [1.29, 1.82) is 0 Å². The van der Waals surface area contributed by atoms with Crippen LogP contribution in [0.3, 0.4) is 0 Å². The number of nitrogens with one attached hydrogen (secondary N) is 2. The molecular formula is C19H15ClN2OS. The number of aryl methyl sites for hydroxylation is 1. The molecule has 0 bridgehead atoms. The summed E-state index contributed by atoms with van der Waals surface area (Å²) >= 11 is 11.2. The van der Waals surface area contributed by atoms with Gasteiger partial charge in [-0.2, -0.15) is 0 Å². The van der Waals surface area contributed by atoms with E-state index in [4.69, 9.17) is 23.8 Å². The van der Waals surface area contributed by atoms with Crippen LogP contribution < -0.4 is 10.6 Å². The Morgan fingerprint density at radius 3 is 2.62 bits per heavy atom. The Kier molecular flexibility index (Phi) is 4.79. The Bertz CT molecular complexity index is 934. The summed E-state index contributed by atoms with van der Waals surface area (Å²) < 4.78 is 0. The number of hydrogen-bond acceptors (Lipinski definition) is 2. The van der Waals surface area contributed by atoms with E-state index in [0.29, 0.717) is 10.6 Å². The van der Waals surface area contributed by atoms with Crippen molar-refractivity contribution in [3.05, 3.63) is 76.8 Å². The van der Waals surface area contributed by atoms with Crippen LogP contribution in [0.2, 0.25) is 5.02 Å². The predicted octanol–water partition coefficient (Wildman–Crippen LogP) is 4.93. The van der Waals surface area contributed by atoms with Crippen molar-refractivity contribution in [2.24, 2.45) is 0 Å². The highest BCUT2D eigenvalue weighted by molar-refractivity contribution is 7.80. The van der Waals surface area contributed by atoms with Crippen LogP contribution in [0.1, 0.15) is 15.9 Å². The van der Waals surface area contributed by atoms with E-state index in [9.17, 15) is 4.79 Å². The first-order chi connectivity index (χ1) is 11.5. The van der Waals surface area contributed by atoms with Crippen LogP contribution in [-0.2, 0) is 0 Å². The third-order valence-corrected chi connectivity index (χ3v) is 4.15. The Labute approximate surface area is 150 Å². The Hall–Kier alpha value is -2.43. The van der Waals surface area contributed by atoms with E-state index in [1.54, 1.807) is 18.2 Å². The zero-order chi connectivity index (χ0) is 17.1. The first kappa shape index (κ1) is 16.4. The highest BCUT2D eigenvalue weighted by Gasteiger charge is 2.12. The number of amides is 1. The maximum atomic E-state index is 12.5. The van der Waals surface area contributed by atoms with Gasteiger partial charge in [-0.1, -0.05) is 54.1 Å². The molecule has 0 saturated heterocycles. The van der Waals surface area contributed by atoms with Crippen molar-refractivity contribution in [3.63, 3.8) is 0 Å². The quantitative estimate of drug-likeness (QED) is 0.641. The van der Waals surface area contributed by atoms with Gasteiger partial charge in [-0.25, -0.2) is 0 Å². The van der Waals surface area contributed by atoms with E-state index in [-0.39, 0.29) is 11.0 Å². The molecule has 0 heterocycles. The van der Waals surface area contributed by atoms with Gasteiger partial charge >= 0.3 is 0 Å². The van der Waals surface area contributed by atoms with Crippen LogP contribution in [0.5, 0.6) is 0 Å². The van der Waals surface area contributed by atoms with Gasteiger partial charge in [-0.15, -0.1) is 0 Å². The lowest BCUT2D eigenvalue weighted by Gasteiger charge is -2.13. The van der Waals surface area contributed by atoms with E-state index >= 15 is 0 Å². The van der Waals surface area contributed by atoms with Crippen molar-refractivity contribution in [3.8, 4) is 0 Å². The molecule has 24 heavy (non-hydrogen) atoms. The zero-order valence-corrected chi connectivity index (χ0v) is 14.5. The van der Waals surface area contributed by atoms with Gasteiger partial charge in [0.15, 0.2) is 5.11 Å². The molecule has 3 nitrogen and oxygen atoms in total. The maximum Gasteiger partial charge on any atom is 0.258 e. The Morgan fingerprint density at radius 1 is 1.04 bits per heavy atom. The summed E-state index contributed by atoms with van der Waals surface area (Å²) in [5.74, 6) is -0.246. The molecule has 0 fully saturated rings. The van der Waals surface area contributed by atoms with Gasteiger partial charge in [0.05, 0.1) is 0 Å². The third kappa shape index (κ3) is 3.55. The van der Waals surface area contributed by atoms with Crippen LogP contribution in [0, 0.1) is 6.92 Å². The lowest BCUT2D eigenvalue weighted by atomic mass is 10.0. The average Bonchev–Trinajstić information content (AvgIpc) is 2.57. The van der Waals surface area contributed by atoms with Crippen molar-refractivity contribution in [2.75, 3.05) is 5.32 Å². The Balaban J connectivity index is 1.79. The second kappa shape index (κ2) is 6.99. The molecule has 0 atom stereocenters. The zero-order valence-electron chi connectivity index (χ0n) is 13.0. The largest absolute Gasteiger partial charge is 0.332 e. The third-order valence-electron chi connectivity index (χ3n) is 3.71. The predicted molar refractivity (Wildman–Crippen MR) is 104 cm³/mol. The number of hydrogen-bond donors (Lipinski definition) is 2. The van der Waals surface area contributed by atoms with E-state index in [2.05, 4.69) is 10.6 Å². The topological polar surface area (TPSA) is 41.1 Å². The molecule has 0 aromatic heterocycles. The SMILES string of the molecule is Cc1ccc(Cl)cc1NC(=S)NC(=O)c1cccc2ccccc12. The molecule has 120 valence electrons. The number of anilines is 1. The van der Waals surface area contributed by atoms with Gasteiger partial charge in [0.1, 0.15) is 0 Å². The number of halogens is 1. The van der Waals surface area contributed by atoms with Crippen molar-refractivity contribution in [1.82, 2.24) is 5.32 Å². The molecule has 1 amide bonds.